The van der Waals surface area contributed by atoms with Gasteiger partial charge in [0, 0.05) is 0 Å². The summed E-state index contributed by atoms with van der Waals surface area (Å²) < 4.78 is 34.3. The van der Waals surface area contributed by atoms with Gasteiger partial charge in [-0.25, -0.2) is 0 Å². The largest absolute Gasteiger partial charge is 0.490 e. The monoisotopic (exact) mass is 686 g/mol. The molecule has 0 amide bonds. The molecule has 0 aromatic heterocycles. The minimum absolute atomic E-state index is 0.0701. The van der Waals surface area contributed by atoms with E-state index >= 15 is 0 Å². The van der Waals surface area contributed by atoms with E-state index in [9.17, 15) is 9.59 Å². The maximum Gasteiger partial charge on any atom is 0.309 e. The lowest BCUT2D eigenvalue weighted by atomic mass is 9.68. The van der Waals surface area contributed by atoms with Crippen molar-refractivity contribution in [1.29, 1.82) is 0 Å². The number of benzene rings is 4. The fourth-order valence-electron chi connectivity index (χ4n) is 8.70. The van der Waals surface area contributed by atoms with Gasteiger partial charge in [-0.3, -0.25) is 9.59 Å². The van der Waals surface area contributed by atoms with Crippen LogP contribution in [-0.4, -0.2) is 62.8 Å². The maximum atomic E-state index is 12.6. The van der Waals surface area contributed by atoms with Crippen molar-refractivity contribution in [3.63, 3.8) is 0 Å². The number of hydrogen-bond acceptors (Lipinski definition) is 8. The molecular weight excluding hydrogens is 644 g/mol. The van der Waals surface area contributed by atoms with E-state index < -0.39 is 5.41 Å². The Balaban J connectivity index is 0.894. The van der Waals surface area contributed by atoms with Crippen molar-refractivity contribution in [3.8, 4) is 22.6 Å². The number of rotatable bonds is 12. The molecule has 262 valence electrons. The Morgan fingerprint density at radius 2 is 0.961 bits per heavy atom. The average molecular weight is 687 g/mol. The van der Waals surface area contributed by atoms with Gasteiger partial charge in [-0.15, -0.1) is 0 Å². The van der Waals surface area contributed by atoms with E-state index in [1.54, 1.807) is 0 Å². The summed E-state index contributed by atoms with van der Waals surface area (Å²) in [6, 6.07) is 33.7. The molecule has 2 saturated carbocycles. The highest BCUT2D eigenvalue weighted by Gasteiger charge is 2.48. The van der Waals surface area contributed by atoms with Crippen LogP contribution in [0.1, 0.15) is 60.8 Å². The smallest absolute Gasteiger partial charge is 0.309 e. The van der Waals surface area contributed by atoms with Gasteiger partial charge < -0.3 is 28.4 Å². The molecule has 0 radical (unpaired) electrons. The van der Waals surface area contributed by atoms with Crippen molar-refractivity contribution in [1.82, 2.24) is 0 Å². The van der Waals surface area contributed by atoms with Crippen molar-refractivity contribution in [3.05, 3.63) is 119 Å². The first-order valence-electron chi connectivity index (χ1n) is 18.4. The molecule has 6 atom stereocenters. The number of esters is 2. The molecule has 0 N–H and O–H groups in total. The van der Waals surface area contributed by atoms with Crippen molar-refractivity contribution in [2.45, 2.75) is 68.4 Å². The van der Waals surface area contributed by atoms with Gasteiger partial charge in [0.2, 0.25) is 0 Å². The van der Waals surface area contributed by atoms with E-state index in [0.29, 0.717) is 12.2 Å². The van der Waals surface area contributed by atoms with Gasteiger partial charge in [0.15, 0.2) is 0 Å². The van der Waals surface area contributed by atoms with Crippen LogP contribution >= 0.6 is 0 Å². The van der Waals surface area contributed by atoms with Crippen LogP contribution in [-0.2, 0) is 34.0 Å². The number of carbonyl (C=O) groups is 2. The zero-order chi connectivity index (χ0) is 34.4. The average Bonchev–Trinajstić information content (AvgIpc) is 4.11. The maximum absolute atomic E-state index is 12.6. The minimum atomic E-state index is -0.566. The van der Waals surface area contributed by atoms with Gasteiger partial charge in [0.05, 0.1) is 41.7 Å². The SMILES string of the molecule is O=C(OCCOc1ccc(C2(c3ccc(OCCOC(=O)C4CCC5OC5C4)cc3)c3ccccc3-c3ccccc32)cc1)C1CCC2OC2C1. The number of ether oxygens (including phenoxy) is 6. The first-order chi connectivity index (χ1) is 25.1. The lowest BCUT2D eigenvalue weighted by molar-refractivity contribution is -0.151. The Morgan fingerprint density at radius 1 is 0.529 bits per heavy atom. The third-order valence-electron chi connectivity index (χ3n) is 11.4. The molecule has 4 aromatic rings. The molecule has 0 bridgehead atoms. The van der Waals surface area contributed by atoms with E-state index in [4.69, 9.17) is 28.4 Å². The highest BCUT2D eigenvalue weighted by atomic mass is 16.6. The van der Waals surface area contributed by atoms with Gasteiger partial charge in [0.1, 0.15) is 37.9 Å². The standard InChI is InChI=1S/C43H42O8/c44-41(27-9-19-37-39(25-27)50-37)48-23-21-46-31-15-11-29(12-16-31)43(35-7-3-1-5-33(35)34-6-2-4-8-36(34)43)30-13-17-32(18-14-30)47-22-24-49-42(45)28-10-20-38-40(26-28)51-38/h1-8,11-18,27-28,37-40H,9-10,19-26H2. The van der Waals surface area contributed by atoms with Crippen LogP contribution in [0.15, 0.2) is 97.1 Å². The second-order valence-electron chi connectivity index (χ2n) is 14.4. The quantitative estimate of drug-likeness (QED) is 0.0785. The molecule has 3 aliphatic carbocycles. The molecule has 4 aromatic carbocycles. The van der Waals surface area contributed by atoms with Crippen LogP contribution in [0.3, 0.4) is 0 Å². The van der Waals surface area contributed by atoms with Crippen molar-refractivity contribution >= 4 is 11.9 Å². The van der Waals surface area contributed by atoms with E-state index in [0.717, 1.165) is 61.2 Å². The summed E-state index contributed by atoms with van der Waals surface area (Å²) in [6.07, 6.45) is 6.31. The van der Waals surface area contributed by atoms with E-state index in [-0.39, 0.29) is 62.4 Å². The van der Waals surface area contributed by atoms with Crippen molar-refractivity contribution < 1.29 is 38.0 Å². The lowest BCUT2D eigenvalue weighted by Crippen LogP contribution is -2.28. The molecule has 0 spiro atoms. The Labute approximate surface area is 298 Å². The molecule has 8 nitrogen and oxygen atoms in total. The molecule has 8 heteroatoms. The molecule has 4 fully saturated rings. The zero-order valence-electron chi connectivity index (χ0n) is 28.5. The molecule has 2 aliphatic heterocycles. The normalized spacial score (nSPS) is 26.0. The van der Waals surface area contributed by atoms with Crippen molar-refractivity contribution in [2.24, 2.45) is 11.8 Å². The number of epoxide rings is 2. The predicted molar refractivity (Wildman–Crippen MR) is 189 cm³/mol. The topological polar surface area (TPSA) is 96.1 Å². The minimum Gasteiger partial charge on any atom is -0.490 e. The summed E-state index contributed by atoms with van der Waals surface area (Å²) in [6.45, 7) is 0.997. The van der Waals surface area contributed by atoms with Crippen LogP contribution in [0.2, 0.25) is 0 Å². The Bertz CT molecular complexity index is 1760. The summed E-state index contributed by atoms with van der Waals surface area (Å²) in [5, 5.41) is 0. The third-order valence-corrected chi connectivity index (χ3v) is 11.4. The van der Waals surface area contributed by atoms with Gasteiger partial charge >= 0.3 is 11.9 Å². The number of fused-ring (bicyclic) bond motifs is 5. The summed E-state index contributed by atoms with van der Waals surface area (Å²) in [7, 11) is 0. The van der Waals surface area contributed by atoms with Crippen LogP contribution in [0, 0.1) is 11.8 Å². The molecule has 6 unspecified atom stereocenters. The van der Waals surface area contributed by atoms with Crippen LogP contribution < -0.4 is 9.47 Å². The summed E-state index contributed by atoms with van der Waals surface area (Å²) in [5.74, 6) is 0.997. The Hall–Kier alpha value is -4.66. The fraction of sp³-hybridized carbons (Fsp3) is 0.395. The van der Waals surface area contributed by atoms with Gasteiger partial charge in [-0.2, -0.15) is 0 Å². The summed E-state index contributed by atoms with van der Waals surface area (Å²) in [4.78, 5) is 25.1. The van der Waals surface area contributed by atoms with E-state index in [1.165, 1.54) is 22.3 Å². The fourth-order valence-corrected chi connectivity index (χ4v) is 8.70. The van der Waals surface area contributed by atoms with Crippen molar-refractivity contribution in [2.75, 3.05) is 26.4 Å². The zero-order valence-corrected chi connectivity index (χ0v) is 28.5. The van der Waals surface area contributed by atoms with E-state index in [1.807, 2.05) is 24.3 Å². The van der Waals surface area contributed by atoms with Gasteiger partial charge in [0.25, 0.3) is 0 Å². The number of hydrogen-bond donors (Lipinski definition) is 0. The second-order valence-corrected chi connectivity index (χ2v) is 14.4. The van der Waals surface area contributed by atoms with E-state index in [2.05, 4.69) is 72.8 Å². The summed E-state index contributed by atoms with van der Waals surface area (Å²) in [5.41, 5.74) is 6.50. The van der Waals surface area contributed by atoms with Gasteiger partial charge in [-0.05, 0) is 96.2 Å². The van der Waals surface area contributed by atoms with Crippen LogP contribution in [0.4, 0.5) is 0 Å². The second kappa shape index (κ2) is 13.5. The molecule has 9 rings (SSSR count). The third kappa shape index (κ3) is 6.19. The Kier molecular flexibility index (Phi) is 8.52. The summed E-state index contributed by atoms with van der Waals surface area (Å²) >= 11 is 0. The molecule has 2 heterocycles. The predicted octanol–water partition coefficient (Wildman–Crippen LogP) is 7.03. The van der Waals surface area contributed by atoms with Crippen LogP contribution in [0.25, 0.3) is 11.1 Å². The Morgan fingerprint density at radius 3 is 1.39 bits per heavy atom. The van der Waals surface area contributed by atoms with Gasteiger partial charge in [-0.1, -0.05) is 72.8 Å². The highest BCUT2D eigenvalue weighted by molar-refractivity contribution is 5.86. The molecule has 51 heavy (non-hydrogen) atoms. The highest BCUT2D eigenvalue weighted by Crippen LogP contribution is 2.56. The first-order valence-corrected chi connectivity index (χ1v) is 18.4. The first kappa shape index (κ1) is 32.3. The lowest BCUT2D eigenvalue weighted by Gasteiger charge is -2.34. The molecule has 2 saturated heterocycles. The number of carbonyl (C=O) groups excluding carboxylic acids is 2. The van der Waals surface area contributed by atoms with Crippen LogP contribution in [0.5, 0.6) is 11.5 Å². The molecule has 5 aliphatic rings. The molecular formula is C43H42O8.